The number of hydrogen-bond donors (Lipinski definition) is 4. The number of anilines is 4. The van der Waals surface area contributed by atoms with Crippen molar-refractivity contribution in [3.05, 3.63) is 338 Å². The van der Waals surface area contributed by atoms with E-state index in [0.29, 0.717) is 133 Å². The molecule has 16 aromatic rings. The average molecular weight is 1970 g/mol. The van der Waals surface area contributed by atoms with E-state index in [0.717, 1.165) is 107 Å². The summed E-state index contributed by atoms with van der Waals surface area (Å²) in [5.74, 6) is 17.0. The van der Waals surface area contributed by atoms with E-state index in [-0.39, 0.29) is 125 Å². The van der Waals surface area contributed by atoms with Gasteiger partial charge in [0.2, 0.25) is 11.8 Å². The molecular weight excluding hydrogens is 1860 g/mol. The number of ketones is 4. The fourth-order valence-electron chi connectivity index (χ4n) is 23.7. The van der Waals surface area contributed by atoms with Crippen LogP contribution in [0.1, 0.15) is 192 Å². The summed E-state index contributed by atoms with van der Waals surface area (Å²) >= 11 is 0. The molecule has 4 bridgehead atoms. The van der Waals surface area contributed by atoms with Crippen molar-refractivity contribution in [1.29, 1.82) is 0 Å². The van der Waals surface area contributed by atoms with Crippen LogP contribution in [0.5, 0.6) is 0 Å². The number of hydrogen-bond acceptors (Lipinski definition) is 24. The summed E-state index contributed by atoms with van der Waals surface area (Å²) in [7, 11) is 0. The van der Waals surface area contributed by atoms with Crippen LogP contribution in [0.3, 0.4) is 0 Å². The minimum absolute atomic E-state index is 0.00243. The Morgan fingerprint density at radius 3 is 0.946 bits per heavy atom. The smallest absolute Gasteiger partial charge is 0.299 e. The highest BCUT2D eigenvalue weighted by atomic mass is 16.2. The van der Waals surface area contributed by atoms with Crippen LogP contribution in [0, 0.1) is 70.0 Å². The molecule has 0 spiro atoms. The first kappa shape index (κ1) is 96.5. The quantitative estimate of drug-likeness (QED) is 0.0278. The molecule has 32 nitrogen and oxygen atoms in total. The predicted molar refractivity (Wildman–Crippen MR) is 560 cm³/mol. The Bertz CT molecular complexity index is 8110. The first-order chi connectivity index (χ1) is 71.7. The monoisotopic (exact) mass is 1960 g/mol. The molecule has 0 radical (unpaired) electrons. The van der Waals surface area contributed by atoms with Gasteiger partial charge in [-0.3, -0.25) is 75.9 Å². The zero-order valence-electron chi connectivity index (χ0n) is 82.6. The number of nitrogen functional groups attached to an aromatic ring is 4. The zero-order valence-corrected chi connectivity index (χ0v) is 82.6. The van der Waals surface area contributed by atoms with E-state index in [1.54, 1.807) is 87.7 Å². The number of nitrogens with two attached hydrogens (primary N) is 4. The fraction of sp³-hybridized carbons (Fsp3) is 0.276. The molecule has 4 aliphatic carbocycles. The maximum absolute atomic E-state index is 13.0. The van der Waals surface area contributed by atoms with E-state index in [4.69, 9.17) is 42.9 Å². The van der Waals surface area contributed by atoms with Crippen molar-refractivity contribution in [2.45, 2.75) is 142 Å². The van der Waals surface area contributed by atoms with E-state index in [9.17, 15) is 38.4 Å². The topological polar surface area (TPSA) is 426 Å². The standard InChI is InChI=1S/C30H28N6O2.C29H28N6O2.C29H26N6O2.C28H26N6O2/c1-4-7-23(38)36-17-21-24(30(21,2)3)26(36)29-34-25(27-28(31)33-14-15-35(27)29)19-11-9-18(10-12-19)22(37)16-20-8-5-6-13-32-20;1-4-22(37)35-16-20-23(29(20,2)3)25(35)28-33-24(26-27(30)32-13-14-34(26)28)18-10-8-17(9-11-18)21(36)15-19-7-5-6-12-31-19;1-2-5-24(37)35-22-12-11-20(16-22)26(35)29-33-25(27-28(30)32-14-15-34(27)29)19-9-7-18(8-10-19)23(36)17-21-6-3-4-13-31-21;1-2-23(36)34-21-11-10-19(15-21)25(34)28-32-24(26-27(29)31-13-14-33(26)28)18-8-6-17(7-9-18)22(35)16-20-5-3-4-12-30-20/h5-6,8-15,21,24,26H,16-17H2,1-3H3,(H2,31,33);4-14,20,23,25H,1,15-16H2,2-3H3,(H2,30,32);3-4,6-10,13-15,20,22,26H,11-12,16-17H2,1H3,(H2,30,32);2-9,12-14,19,21,25H,1,10-11,15-16H2,(H2,29,31)/t21-,24-,26-;20-,23-,25-;20-,22?,26?;19-,21?,25?/m0000/s1. The summed E-state index contributed by atoms with van der Waals surface area (Å²) in [6.07, 6.45) is 30.5. The highest BCUT2D eigenvalue weighted by Crippen LogP contribution is 2.71. The molecule has 4 aliphatic heterocycles. The van der Waals surface area contributed by atoms with Crippen molar-refractivity contribution < 1.29 is 38.4 Å². The number of pyridine rings is 4. The number of piperidine rings is 4. The summed E-state index contributed by atoms with van der Waals surface area (Å²) in [6.45, 7) is 21.1. The van der Waals surface area contributed by atoms with Gasteiger partial charge in [0.1, 0.15) is 91.4 Å². The molecular formula is C116H108N24O8. The van der Waals surface area contributed by atoms with Gasteiger partial charge in [-0.25, -0.2) is 39.9 Å². The van der Waals surface area contributed by atoms with Gasteiger partial charge in [0.15, 0.2) is 23.1 Å². The maximum Gasteiger partial charge on any atom is 0.299 e. The SMILES string of the molecule is C=CC(=O)N1C2CC[C@@H](C2)C1c1nc(-c2ccc(C(=O)Cc3ccccn3)cc2)c2c(N)nccn12.C=CC(=O)N1C[C@H]2[C@@H]([C@H]1c1nc(-c3ccc(C(=O)Cc4ccccn4)cc3)c3c(N)nccn13)C2(C)C.CC#CC(=O)N1C2CC[C@@H](C2)C1c1nc(-c2ccc(C(=O)Cc3ccccn3)cc2)c2c(N)nccn12.CC#CC(=O)N1C[C@H]2[C@@H]([C@H]1c1nc(-c3ccc(C(=O)Cc4ccccn4)cc3)c3c(N)nccn13)C2(C)C. The Balaban J connectivity index is 0.000000116. The number of imidazole rings is 4. The summed E-state index contributed by atoms with van der Waals surface area (Å²) in [5, 5.41) is 0. The number of fused-ring (bicyclic) bond motifs is 10. The lowest BCUT2D eigenvalue weighted by Gasteiger charge is -2.33. The van der Waals surface area contributed by atoms with Gasteiger partial charge in [-0.15, -0.1) is 0 Å². The molecule has 4 aromatic carbocycles. The third kappa shape index (κ3) is 17.8. The summed E-state index contributed by atoms with van der Waals surface area (Å²) in [5.41, 5.74) is 39.8. The molecule has 8 aliphatic rings. The number of benzene rings is 4. The third-order valence-corrected chi connectivity index (χ3v) is 31.1. The molecule has 4 unspecified atom stereocenters. The van der Waals surface area contributed by atoms with Crippen LogP contribution in [0.4, 0.5) is 23.3 Å². The highest BCUT2D eigenvalue weighted by molar-refractivity contribution is 6.02. The Hall–Kier alpha value is -17.7. The van der Waals surface area contributed by atoms with Crippen LogP contribution in [0.25, 0.3) is 67.1 Å². The second-order valence-electron chi connectivity index (χ2n) is 40.1. The van der Waals surface area contributed by atoms with Crippen molar-refractivity contribution in [3.63, 3.8) is 0 Å². The Morgan fingerprint density at radius 1 is 0.351 bits per heavy atom. The van der Waals surface area contributed by atoms with Crippen molar-refractivity contribution in [3.8, 4) is 68.7 Å². The largest absolute Gasteiger partial charge is 0.382 e. The molecule has 740 valence electrons. The highest BCUT2D eigenvalue weighted by Gasteiger charge is 2.70. The van der Waals surface area contributed by atoms with E-state index in [1.165, 1.54) is 12.2 Å². The van der Waals surface area contributed by atoms with Gasteiger partial charge in [0.05, 0.1) is 49.9 Å². The van der Waals surface area contributed by atoms with Gasteiger partial charge in [-0.2, -0.15) is 0 Å². The van der Waals surface area contributed by atoms with E-state index in [1.807, 2.05) is 208 Å². The molecule has 148 heavy (non-hydrogen) atoms. The first-order valence-electron chi connectivity index (χ1n) is 49.7. The van der Waals surface area contributed by atoms with Gasteiger partial charge in [0, 0.05) is 167 Å². The molecule has 24 rings (SSSR count). The van der Waals surface area contributed by atoms with Gasteiger partial charge >= 0.3 is 0 Å². The van der Waals surface area contributed by atoms with Crippen LogP contribution >= 0.6 is 0 Å². The number of amides is 4. The molecule has 8 fully saturated rings. The molecule has 8 N–H and O–H groups in total. The Morgan fingerprint density at radius 2 is 0.642 bits per heavy atom. The van der Waals surface area contributed by atoms with Gasteiger partial charge in [0.25, 0.3) is 11.8 Å². The van der Waals surface area contributed by atoms with E-state index >= 15 is 0 Å². The Kier molecular flexibility index (Phi) is 25.7. The summed E-state index contributed by atoms with van der Waals surface area (Å²) in [4.78, 5) is 165. The van der Waals surface area contributed by atoms with Crippen molar-refractivity contribution >= 4 is 92.1 Å². The van der Waals surface area contributed by atoms with Crippen LogP contribution < -0.4 is 22.9 Å². The number of nitrogens with zero attached hydrogens (tertiary/aromatic N) is 20. The van der Waals surface area contributed by atoms with Crippen LogP contribution in [-0.2, 0) is 44.9 Å². The lowest BCUT2D eigenvalue weighted by atomic mass is 9.97. The first-order valence-corrected chi connectivity index (χ1v) is 49.7. The van der Waals surface area contributed by atoms with Crippen LogP contribution in [-0.4, -0.2) is 169 Å². The number of likely N-dealkylation sites (tertiary alicyclic amines) is 4. The molecule has 4 saturated heterocycles. The second kappa shape index (κ2) is 39.5. The molecule has 16 heterocycles. The summed E-state index contributed by atoms with van der Waals surface area (Å²) < 4.78 is 7.84. The normalized spacial score (nSPS) is 20.9. The molecule has 32 heteroatoms. The van der Waals surface area contributed by atoms with E-state index in [2.05, 4.69) is 104 Å². The third-order valence-electron chi connectivity index (χ3n) is 31.1. The molecule has 4 saturated carbocycles. The molecule has 4 amide bonds. The summed E-state index contributed by atoms with van der Waals surface area (Å²) in [6, 6.07) is 51.4. The van der Waals surface area contributed by atoms with Gasteiger partial charge in [-0.1, -0.05) is 174 Å². The maximum atomic E-state index is 13.0. The minimum Gasteiger partial charge on any atom is -0.382 e. The number of carbonyl (C=O) groups excluding carboxylic acids is 8. The van der Waals surface area contributed by atoms with Gasteiger partial charge in [-0.05, 0) is 171 Å². The minimum atomic E-state index is -0.217. The molecule has 12 atom stereocenters. The molecule has 12 aromatic heterocycles. The van der Waals surface area contributed by atoms with Gasteiger partial charge < -0.3 is 42.5 Å². The van der Waals surface area contributed by atoms with Crippen LogP contribution in [0.2, 0.25) is 0 Å². The van der Waals surface area contributed by atoms with E-state index < -0.39 is 0 Å². The van der Waals surface area contributed by atoms with Crippen molar-refractivity contribution in [1.82, 2.24) is 97.0 Å². The predicted octanol–water partition coefficient (Wildman–Crippen LogP) is 16.0. The van der Waals surface area contributed by atoms with Crippen molar-refractivity contribution in [2.24, 2.45) is 46.3 Å². The fourth-order valence-corrected chi connectivity index (χ4v) is 23.7. The zero-order chi connectivity index (χ0) is 103. The Labute approximate surface area is 853 Å². The van der Waals surface area contributed by atoms with Crippen LogP contribution in [0.15, 0.2) is 270 Å². The number of carbonyl (C=O) groups is 8. The number of Topliss-reactive ketones (excluding diaryl/α,β-unsaturated/α-hetero) is 4. The second-order valence-corrected chi connectivity index (χ2v) is 40.1. The number of aromatic nitrogens is 16. The lowest BCUT2D eigenvalue weighted by molar-refractivity contribution is -0.131. The lowest BCUT2D eigenvalue weighted by Crippen LogP contribution is -2.40. The number of rotatable bonds is 22. The van der Waals surface area contributed by atoms with Crippen molar-refractivity contribution in [2.75, 3.05) is 36.0 Å². The average Bonchev–Trinajstić information content (AvgIpc) is 1.51.